The Kier molecular flexibility index (Phi) is 3.95. The summed E-state index contributed by atoms with van der Waals surface area (Å²) in [6.45, 7) is 5.12. The highest BCUT2D eigenvalue weighted by Crippen LogP contribution is 2.37. The van der Waals surface area contributed by atoms with Crippen LogP contribution in [0.15, 0.2) is 36.4 Å². The molecule has 1 heterocycles. The molecule has 0 fully saturated rings. The van der Waals surface area contributed by atoms with Crippen LogP contribution < -0.4 is 0 Å². The van der Waals surface area contributed by atoms with Crippen molar-refractivity contribution in [3.05, 3.63) is 53.2 Å². The maximum atomic E-state index is 14.7. The molecule has 0 saturated heterocycles. The molecule has 24 heavy (non-hydrogen) atoms. The van der Waals surface area contributed by atoms with E-state index >= 15 is 0 Å². The molecule has 1 aromatic heterocycles. The number of pyridine rings is 1. The molecule has 0 aliphatic rings. The number of esters is 1. The summed E-state index contributed by atoms with van der Waals surface area (Å²) in [6, 6.07) is 10.7. The molecule has 0 radical (unpaired) electrons. The number of rotatable bonds is 3. The number of fused-ring (bicyclic) bond motifs is 3. The third-order valence-corrected chi connectivity index (χ3v) is 3.93. The van der Waals surface area contributed by atoms with E-state index in [4.69, 9.17) is 0 Å². The summed E-state index contributed by atoms with van der Waals surface area (Å²) < 4.78 is 33.9. The van der Waals surface area contributed by atoms with Gasteiger partial charge >= 0.3 is 11.9 Å². The molecule has 5 heteroatoms. The van der Waals surface area contributed by atoms with Crippen molar-refractivity contribution < 1.29 is 18.3 Å². The Labute approximate surface area is 138 Å². The second kappa shape index (κ2) is 5.82. The number of aryl methyl sites for hydroxylation is 2. The molecular formula is C19H17F2NO2. The summed E-state index contributed by atoms with van der Waals surface area (Å²) >= 11 is 0. The van der Waals surface area contributed by atoms with E-state index in [2.05, 4.69) is 9.72 Å². The number of ether oxygens (including phenoxy) is 1. The second-order valence-corrected chi connectivity index (χ2v) is 5.82. The van der Waals surface area contributed by atoms with E-state index in [1.165, 1.54) is 6.92 Å². The van der Waals surface area contributed by atoms with Crippen LogP contribution in [-0.2, 0) is 15.5 Å². The third-order valence-electron chi connectivity index (χ3n) is 3.93. The standard InChI is InChI=1S/C19H17F2NO2/c1-4-24-18(23)19(20,21)17-15-10-11(2)5-7-13(15)14-9-12(3)6-8-16(14)22-17/h5-10H,4H2,1-3H3. The predicted molar refractivity (Wildman–Crippen MR) is 89.3 cm³/mol. The zero-order valence-electron chi connectivity index (χ0n) is 13.7. The van der Waals surface area contributed by atoms with Crippen LogP contribution in [0.25, 0.3) is 21.7 Å². The van der Waals surface area contributed by atoms with E-state index < -0.39 is 17.6 Å². The lowest BCUT2D eigenvalue weighted by atomic mass is 9.98. The highest BCUT2D eigenvalue weighted by Gasteiger charge is 2.45. The van der Waals surface area contributed by atoms with Crippen LogP contribution in [0.2, 0.25) is 0 Å². The van der Waals surface area contributed by atoms with Crippen molar-refractivity contribution in [2.75, 3.05) is 6.61 Å². The summed E-state index contributed by atoms with van der Waals surface area (Å²) in [5.74, 6) is -5.38. The van der Waals surface area contributed by atoms with Crippen LogP contribution in [0.3, 0.4) is 0 Å². The summed E-state index contributed by atoms with van der Waals surface area (Å²) in [7, 11) is 0. The lowest BCUT2D eigenvalue weighted by molar-refractivity contribution is -0.173. The smallest absolute Gasteiger partial charge is 0.385 e. The lowest BCUT2D eigenvalue weighted by Gasteiger charge is -2.18. The molecule has 3 nitrogen and oxygen atoms in total. The number of benzene rings is 2. The second-order valence-electron chi connectivity index (χ2n) is 5.82. The van der Waals surface area contributed by atoms with E-state index in [-0.39, 0.29) is 12.0 Å². The van der Waals surface area contributed by atoms with Gasteiger partial charge in [0.05, 0.1) is 12.1 Å². The molecule has 0 saturated carbocycles. The van der Waals surface area contributed by atoms with Gasteiger partial charge in [-0.25, -0.2) is 9.78 Å². The monoisotopic (exact) mass is 329 g/mol. The Morgan fingerprint density at radius 2 is 1.67 bits per heavy atom. The maximum absolute atomic E-state index is 14.7. The Hall–Kier alpha value is -2.56. The third kappa shape index (κ3) is 2.60. The fraction of sp³-hybridized carbons (Fsp3) is 0.263. The average Bonchev–Trinajstić information content (AvgIpc) is 2.54. The Balaban J connectivity index is 2.39. The molecule has 0 aliphatic carbocycles. The first-order valence-corrected chi connectivity index (χ1v) is 7.71. The summed E-state index contributed by atoms with van der Waals surface area (Å²) in [5, 5.41) is 1.70. The number of aromatic nitrogens is 1. The first-order valence-electron chi connectivity index (χ1n) is 7.71. The van der Waals surface area contributed by atoms with Gasteiger partial charge < -0.3 is 4.74 Å². The number of hydrogen-bond acceptors (Lipinski definition) is 3. The van der Waals surface area contributed by atoms with Crippen molar-refractivity contribution in [1.29, 1.82) is 0 Å². The Bertz CT molecular complexity index is 951. The van der Waals surface area contributed by atoms with Crippen LogP contribution >= 0.6 is 0 Å². The van der Waals surface area contributed by atoms with Crippen molar-refractivity contribution in [3.8, 4) is 0 Å². The largest absolute Gasteiger partial charge is 0.461 e. The fourth-order valence-electron chi connectivity index (χ4n) is 2.79. The molecule has 0 unspecified atom stereocenters. The van der Waals surface area contributed by atoms with E-state index in [1.807, 2.05) is 32.0 Å². The van der Waals surface area contributed by atoms with E-state index in [0.717, 1.165) is 16.5 Å². The number of nitrogens with zero attached hydrogens (tertiary/aromatic N) is 1. The minimum Gasteiger partial charge on any atom is -0.461 e. The molecule has 2 aromatic carbocycles. The van der Waals surface area contributed by atoms with Gasteiger partial charge in [0.1, 0.15) is 5.69 Å². The van der Waals surface area contributed by atoms with Crippen molar-refractivity contribution in [3.63, 3.8) is 0 Å². The highest BCUT2D eigenvalue weighted by molar-refractivity contribution is 6.08. The number of halogens is 2. The van der Waals surface area contributed by atoms with Crippen molar-refractivity contribution in [2.24, 2.45) is 0 Å². The van der Waals surface area contributed by atoms with Gasteiger partial charge in [-0.15, -0.1) is 0 Å². The molecule has 0 bridgehead atoms. The average molecular weight is 329 g/mol. The molecular weight excluding hydrogens is 312 g/mol. The molecule has 0 atom stereocenters. The van der Waals surface area contributed by atoms with Gasteiger partial charge in [0, 0.05) is 10.8 Å². The zero-order chi connectivity index (χ0) is 17.5. The summed E-state index contributed by atoms with van der Waals surface area (Å²) in [5.41, 5.74) is 1.69. The first-order chi connectivity index (χ1) is 11.3. The first kappa shape index (κ1) is 16.3. The topological polar surface area (TPSA) is 39.2 Å². The SMILES string of the molecule is CCOC(=O)C(F)(F)c1nc2ccc(C)cc2c2ccc(C)cc12. The minimum absolute atomic E-state index is 0.113. The normalized spacial score (nSPS) is 11.9. The van der Waals surface area contributed by atoms with E-state index in [9.17, 15) is 13.6 Å². The quantitative estimate of drug-likeness (QED) is 0.518. The molecule has 0 amide bonds. The number of carbonyl (C=O) groups excluding carboxylic acids is 1. The molecule has 124 valence electrons. The van der Waals surface area contributed by atoms with Gasteiger partial charge in [-0.1, -0.05) is 29.3 Å². The van der Waals surface area contributed by atoms with Crippen molar-refractivity contribution in [2.45, 2.75) is 26.7 Å². The maximum Gasteiger partial charge on any atom is 0.385 e. The van der Waals surface area contributed by atoms with Gasteiger partial charge in [0.25, 0.3) is 0 Å². The van der Waals surface area contributed by atoms with Gasteiger partial charge in [-0.2, -0.15) is 8.78 Å². The van der Waals surface area contributed by atoms with E-state index in [0.29, 0.717) is 10.9 Å². The number of hydrogen-bond donors (Lipinski definition) is 0. The molecule has 0 N–H and O–H groups in total. The van der Waals surface area contributed by atoms with Crippen LogP contribution in [0.1, 0.15) is 23.7 Å². The van der Waals surface area contributed by atoms with Crippen molar-refractivity contribution in [1.82, 2.24) is 4.98 Å². The number of alkyl halides is 2. The molecule has 3 rings (SSSR count). The zero-order valence-corrected chi connectivity index (χ0v) is 13.7. The summed E-state index contributed by atoms with van der Waals surface area (Å²) in [4.78, 5) is 15.9. The van der Waals surface area contributed by atoms with Gasteiger partial charge in [-0.3, -0.25) is 0 Å². The van der Waals surface area contributed by atoms with Gasteiger partial charge in [0.15, 0.2) is 0 Å². The van der Waals surface area contributed by atoms with E-state index in [1.54, 1.807) is 18.2 Å². The van der Waals surface area contributed by atoms with Crippen molar-refractivity contribution >= 4 is 27.6 Å². The van der Waals surface area contributed by atoms with Crippen LogP contribution in [0, 0.1) is 13.8 Å². The predicted octanol–water partition coefficient (Wildman–Crippen LogP) is 4.66. The number of carbonyl (C=O) groups is 1. The van der Waals surface area contributed by atoms with Crippen LogP contribution in [0.5, 0.6) is 0 Å². The van der Waals surface area contributed by atoms with Gasteiger partial charge in [-0.05, 0) is 44.4 Å². The lowest BCUT2D eigenvalue weighted by Crippen LogP contribution is -2.29. The molecule has 0 spiro atoms. The summed E-state index contributed by atoms with van der Waals surface area (Å²) in [6.07, 6.45) is 0. The minimum atomic E-state index is -3.80. The highest BCUT2D eigenvalue weighted by atomic mass is 19.3. The fourth-order valence-corrected chi connectivity index (χ4v) is 2.79. The Morgan fingerprint density at radius 3 is 2.33 bits per heavy atom. The molecule has 3 aromatic rings. The van der Waals surface area contributed by atoms with Gasteiger partial charge in [0.2, 0.25) is 0 Å². The Morgan fingerprint density at radius 1 is 1.04 bits per heavy atom. The molecule has 0 aliphatic heterocycles. The van der Waals surface area contributed by atoms with Crippen LogP contribution in [0.4, 0.5) is 8.78 Å². The van der Waals surface area contributed by atoms with Crippen LogP contribution in [-0.4, -0.2) is 17.6 Å².